The van der Waals surface area contributed by atoms with Gasteiger partial charge in [0, 0.05) is 30.2 Å². The molecule has 1 fully saturated rings. The molecule has 0 amide bonds. The molecule has 144 valence electrons. The number of aromatic nitrogens is 1. The maximum absolute atomic E-state index is 12.2. The van der Waals surface area contributed by atoms with Gasteiger partial charge in [0.2, 0.25) is 0 Å². The van der Waals surface area contributed by atoms with Gasteiger partial charge in [-0.1, -0.05) is 0 Å². The van der Waals surface area contributed by atoms with Gasteiger partial charge in [-0.3, -0.25) is 0 Å². The fraction of sp³-hybridized carbons (Fsp3) is 0.600. The lowest BCUT2D eigenvalue weighted by Crippen LogP contribution is -2.31. The highest BCUT2D eigenvalue weighted by Crippen LogP contribution is 2.28. The molecule has 3 rings (SSSR count). The number of hydrogen-bond acceptors (Lipinski definition) is 3. The summed E-state index contributed by atoms with van der Waals surface area (Å²) in [7, 11) is 1.93. The Morgan fingerprint density at radius 2 is 2.04 bits per heavy atom. The number of fused-ring (bicyclic) bond motifs is 1. The molecule has 2 aromatic rings. The zero-order chi connectivity index (χ0) is 18.5. The molecule has 1 atom stereocenters. The van der Waals surface area contributed by atoms with Gasteiger partial charge >= 0.3 is 6.61 Å². The topological polar surface area (TPSA) is 37.5 Å². The van der Waals surface area contributed by atoms with E-state index in [9.17, 15) is 8.78 Å². The minimum atomic E-state index is -2.72. The van der Waals surface area contributed by atoms with E-state index in [1.807, 2.05) is 24.2 Å². The number of aromatic amines is 1. The standard InChI is InChI=1S/C20H28F2N2O2/c1-14(25-20(21)22)13-24(2)10-9-15-12-23-19-8-7-17(11-18(15)19)26-16-5-3-4-6-16/h7-8,11-12,14,16,20,23H,3-6,9-10,13H2,1-2H3/t14-/m0/s1. The maximum atomic E-state index is 12.2. The van der Waals surface area contributed by atoms with Crippen molar-refractivity contribution < 1.29 is 18.3 Å². The molecular formula is C20H28F2N2O2. The van der Waals surface area contributed by atoms with Crippen LogP contribution in [0.15, 0.2) is 24.4 Å². The maximum Gasteiger partial charge on any atom is 0.345 e. The first-order valence-corrected chi connectivity index (χ1v) is 9.40. The second-order valence-corrected chi connectivity index (χ2v) is 7.27. The first-order valence-electron chi connectivity index (χ1n) is 9.40. The number of alkyl halides is 2. The van der Waals surface area contributed by atoms with Crippen molar-refractivity contribution in [1.82, 2.24) is 9.88 Å². The van der Waals surface area contributed by atoms with Crippen molar-refractivity contribution in [2.45, 2.75) is 57.8 Å². The highest BCUT2D eigenvalue weighted by Gasteiger charge is 2.17. The molecule has 1 heterocycles. The van der Waals surface area contributed by atoms with Crippen LogP contribution in [-0.4, -0.2) is 48.8 Å². The Balaban J connectivity index is 1.58. The first kappa shape index (κ1) is 19.1. The molecule has 1 aromatic heterocycles. The molecule has 0 spiro atoms. The van der Waals surface area contributed by atoms with Gasteiger partial charge < -0.3 is 19.4 Å². The Bertz CT molecular complexity index is 698. The summed E-state index contributed by atoms with van der Waals surface area (Å²) in [5.41, 5.74) is 2.31. The van der Waals surface area contributed by atoms with Crippen LogP contribution < -0.4 is 4.74 Å². The van der Waals surface area contributed by atoms with Gasteiger partial charge in [0.25, 0.3) is 0 Å². The van der Waals surface area contributed by atoms with Crippen molar-refractivity contribution in [3.63, 3.8) is 0 Å². The molecule has 1 aliphatic carbocycles. The second-order valence-electron chi connectivity index (χ2n) is 7.27. The Kier molecular flexibility index (Phi) is 6.48. The highest BCUT2D eigenvalue weighted by atomic mass is 19.3. The molecule has 1 aliphatic rings. The van der Waals surface area contributed by atoms with E-state index in [1.54, 1.807) is 6.92 Å². The average molecular weight is 366 g/mol. The summed E-state index contributed by atoms with van der Waals surface area (Å²) in [5, 5.41) is 1.17. The first-order chi connectivity index (χ1) is 12.5. The molecule has 0 unspecified atom stereocenters. The van der Waals surface area contributed by atoms with Crippen molar-refractivity contribution in [3.05, 3.63) is 30.0 Å². The number of benzene rings is 1. The molecular weight excluding hydrogens is 338 g/mol. The van der Waals surface area contributed by atoms with Crippen molar-refractivity contribution in [1.29, 1.82) is 0 Å². The fourth-order valence-corrected chi connectivity index (χ4v) is 3.70. The molecule has 0 bridgehead atoms. The number of ether oxygens (including phenoxy) is 2. The van der Waals surface area contributed by atoms with E-state index < -0.39 is 12.7 Å². The third-order valence-corrected chi connectivity index (χ3v) is 5.01. The van der Waals surface area contributed by atoms with Crippen LogP contribution in [0.4, 0.5) is 8.78 Å². The molecule has 0 saturated heterocycles. The van der Waals surface area contributed by atoms with Crippen LogP contribution in [-0.2, 0) is 11.2 Å². The van der Waals surface area contributed by atoms with Gasteiger partial charge in [-0.15, -0.1) is 0 Å². The van der Waals surface area contributed by atoms with Crippen molar-refractivity contribution in [2.75, 3.05) is 20.1 Å². The summed E-state index contributed by atoms with van der Waals surface area (Å²) in [6, 6.07) is 6.20. The Hall–Kier alpha value is -1.66. The summed E-state index contributed by atoms with van der Waals surface area (Å²) in [4.78, 5) is 5.32. The number of halogens is 2. The van der Waals surface area contributed by atoms with Crippen LogP contribution in [0.1, 0.15) is 38.2 Å². The number of nitrogens with one attached hydrogen (secondary N) is 1. The van der Waals surface area contributed by atoms with Gasteiger partial charge in [0.15, 0.2) is 0 Å². The summed E-state index contributed by atoms with van der Waals surface area (Å²) in [6.07, 6.45) is 7.50. The van der Waals surface area contributed by atoms with Gasteiger partial charge in [0.1, 0.15) is 5.75 Å². The number of hydrogen-bond donors (Lipinski definition) is 1. The number of nitrogens with zero attached hydrogens (tertiary/aromatic N) is 1. The largest absolute Gasteiger partial charge is 0.490 e. The molecule has 1 N–H and O–H groups in total. The Labute approximate surface area is 153 Å². The van der Waals surface area contributed by atoms with E-state index in [-0.39, 0.29) is 0 Å². The Morgan fingerprint density at radius 1 is 1.27 bits per heavy atom. The lowest BCUT2D eigenvalue weighted by atomic mass is 10.1. The summed E-state index contributed by atoms with van der Waals surface area (Å²) < 4.78 is 35.1. The quantitative estimate of drug-likeness (QED) is 0.705. The van der Waals surface area contributed by atoms with Crippen LogP contribution >= 0.6 is 0 Å². The summed E-state index contributed by atoms with van der Waals surface area (Å²) >= 11 is 0. The normalized spacial score (nSPS) is 16.8. The molecule has 1 aromatic carbocycles. The molecule has 1 saturated carbocycles. The molecule has 4 nitrogen and oxygen atoms in total. The van der Waals surface area contributed by atoms with Crippen molar-refractivity contribution in [2.24, 2.45) is 0 Å². The average Bonchev–Trinajstić information content (AvgIpc) is 3.21. The monoisotopic (exact) mass is 366 g/mol. The van der Waals surface area contributed by atoms with Crippen LogP contribution in [0, 0.1) is 0 Å². The van der Waals surface area contributed by atoms with E-state index >= 15 is 0 Å². The van der Waals surface area contributed by atoms with Gasteiger partial charge in [-0.2, -0.15) is 8.78 Å². The minimum absolute atomic E-state index is 0.345. The third-order valence-electron chi connectivity index (χ3n) is 5.01. The SMILES string of the molecule is C[C@@H](CN(C)CCc1c[nH]c2ccc(OC3CCCC3)cc12)OC(F)F. The van der Waals surface area contributed by atoms with Crippen molar-refractivity contribution >= 4 is 10.9 Å². The third kappa shape index (κ3) is 5.17. The smallest absolute Gasteiger partial charge is 0.345 e. The molecule has 0 radical (unpaired) electrons. The van der Waals surface area contributed by atoms with Crippen LogP contribution in [0.25, 0.3) is 10.9 Å². The van der Waals surface area contributed by atoms with Crippen LogP contribution in [0.5, 0.6) is 5.75 Å². The molecule has 6 heteroatoms. The van der Waals surface area contributed by atoms with E-state index in [4.69, 9.17) is 4.74 Å². The zero-order valence-corrected chi connectivity index (χ0v) is 15.5. The van der Waals surface area contributed by atoms with Gasteiger partial charge in [-0.05, 0) is 69.8 Å². The zero-order valence-electron chi connectivity index (χ0n) is 15.5. The lowest BCUT2D eigenvalue weighted by Gasteiger charge is -2.21. The number of likely N-dealkylation sites (N-methyl/N-ethyl adjacent to an activating group) is 1. The Morgan fingerprint density at radius 3 is 2.77 bits per heavy atom. The minimum Gasteiger partial charge on any atom is -0.490 e. The summed E-state index contributed by atoms with van der Waals surface area (Å²) in [5.74, 6) is 0.928. The second kappa shape index (κ2) is 8.82. The van der Waals surface area contributed by atoms with Crippen LogP contribution in [0.2, 0.25) is 0 Å². The van der Waals surface area contributed by atoms with Crippen molar-refractivity contribution in [3.8, 4) is 5.75 Å². The van der Waals surface area contributed by atoms with E-state index in [0.717, 1.165) is 37.1 Å². The van der Waals surface area contributed by atoms with Gasteiger partial charge in [-0.25, -0.2) is 0 Å². The predicted octanol–water partition coefficient (Wildman–Crippen LogP) is 4.59. The highest BCUT2D eigenvalue weighted by molar-refractivity contribution is 5.84. The molecule has 26 heavy (non-hydrogen) atoms. The van der Waals surface area contributed by atoms with E-state index in [2.05, 4.69) is 21.9 Å². The van der Waals surface area contributed by atoms with E-state index in [1.165, 1.54) is 23.8 Å². The van der Waals surface area contributed by atoms with Gasteiger partial charge in [0.05, 0.1) is 12.2 Å². The number of rotatable bonds is 9. The lowest BCUT2D eigenvalue weighted by molar-refractivity contribution is -0.161. The molecule has 0 aliphatic heterocycles. The predicted molar refractivity (Wildman–Crippen MR) is 98.9 cm³/mol. The summed E-state index contributed by atoms with van der Waals surface area (Å²) in [6.45, 7) is 0.201. The number of H-pyrrole nitrogens is 1. The fourth-order valence-electron chi connectivity index (χ4n) is 3.70. The van der Waals surface area contributed by atoms with E-state index in [0.29, 0.717) is 12.6 Å². The van der Waals surface area contributed by atoms with Crippen LogP contribution in [0.3, 0.4) is 0 Å².